The molecule has 2 nitrogen and oxygen atoms in total. The number of carbonyl (C=O) groups is 1. The van der Waals surface area contributed by atoms with Crippen LogP contribution in [0.5, 0.6) is 0 Å². The van der Waals surface area contributed by atoms with E-state index in [0.717, 1.165) is 24.0 Å². The molecule has 0 spiro atoms. The number of hydrogen-bond acceptors (Lipinski definition) is 2. The van der Waals surface area contributed by atoms with Gasteiger partial charge in [0.1, 0.15) is 0 Å². The van der Waals surface area contributed by atoms with Gasteiger partial charge in [-0.1, -0.05) is 31.2 Å². The Morgan fingerprint density at radius 1 is 1.35 bits per heavy atom. The number of hydrogen-bond donors (Lipinski definition) is 1. The second-order valence-corrected chi connectivity index (χ2v) is 5.57. The Morgan fingerprint density at radius 2 is 2.00 bits per heavy atom. The zero-order valence-corrected chi connectivity index (χ0v) is 11.2. The summed E-state index contributed by atoms with van der Waals surface area (Å²) in [6.07, 6.45) is -4.36. The van der Waals surface area contributed by atoms with Gasteiger partial charge < -0.3 is 5.11 Å². The summed E-state index contributed by atoms with van der Waals surface area (Å²) in [4.78, 5) is 10.8. The second-order valence-electron chi connectivity index (χ2n) is 5.57. The Hall–Kier alpha value is -1.36. The fraction of sp³-hybridized carbons (Fsp3) is 0.533. The molecule has 0 bridgehead atoms. The molecule has 1 aromatic rings. The van der Waals surface area contributed by atoms with Crippen molar-refractivity contribution in [3.05, 3.63) is 35.4 Å². The average molecular weight is 286 g/mol. The minimum Gasteiger partial charge on any atom is -0.374 e. The van der Waals surface area contributed by atoms with E-state index in [9.17, 15) is 23.1 Å². The first kappa shape index (κ1) is 15.0. The number of aryl methyl sites for hydroxylation is 1. The van der Waals surface area contributed by atoms with E-state index < -0.39 is 24.1 Å². The Kier molecular flexibility index (Phi) is 3.91. The average Bonchev–Trinajstić information content (AvgIpc) is 2.40. The van der Waals surface area contributed by atoms with E-state index >= 15 is 0 Å². The van der Waals surface area contributed by atoms with Crippen LogP contribution < -0.4 is 0 Å². The topological polar surface area (TPSA) is 37.3 Å². The first-order valence-corrected chi connectivity index (χ1v) is 6.62. The second kappa shape index (κ2) is 5.20. The van der Waals surface area contributed by atoms with Gasteiger partial charge in [0.15, 0.2) is 6.29 Å². The van der Waals surface area contributed by atoms with Gasteiger partial charge in [0.05, 0.1) is 0 Å². The quantitative estimate of drug-likeness (QED) is 0.866. The van der Waals surface area contributed by atoms with Crippen LogP contribution in [0.4, 0.5) is 13.2 Å². The fourth-order valence-corrected chi connectivity index (χ4v) is 2.89. The monoisotopic (exact) mass is 286 g/mol. The van der Waals surface area contributed by atoms with Crippen LogP contribution in [0.2, 0.25) is 0 Å². The lowest BCUT2D eigenvalue weighted by atomic mass is 9.71. The van der Waals surface area contributed by atoms with Crippen molar-refractivity contribution in [3.63, 3.8) is 0 Å². The summed E-state index contributed by atoms with van der Waals surface area (Å²) < 4.78 is 38.6. The highest BCUT2D eigenvalue weighted by Gasteiger charge is 2.55. The number of halogens is 3. The van der Waals surface area contributed by atoms with Crippen LogP contribution in [0.1, 0.15) is 36.8 Å². The Bertz CT molecular complexity index is 498. The molecule has 5 heteroatoms. The predicted octanol–water partition coefficient (Wildman–Crippen LogP) is 3.23. The van der Waals surface area contributed by atoms with Crippen molar-refractivity contribution in [2.45, 2.75) is 43.9 Å². The third kappa shape index (κ3) is 2.59. The van der Waals surface area contributed by atoms with Crippen molar-refractivity contribution in [2.24, 2.45) is 5.92 Å². The highest BCUT2D eigenvalue weighted by molar-refractivity contribution is 5.64. The van der Waals surface area contributed by atoms with Gasteiger partial charge in [-0.05, 0) is 42.2 Å². The minimum atomic E-state index is -4.94. The third-order valence-corrected chi connectivity index (χ3v) is 4.23. The van der Waals surface area contributed by atoms with Gasteiger partial charge in [-0.15, -0.1) is 0 Å². The number of fused-ring (bicyclic) bond motifs is 1. The maximum atomic E-state index is 12.9. The highest BCUT2D eigenvalue weighted by atomic mass is 19.4. The number of benzene rings is 1. The number of alkyl halides is 3. The summed E-state index contributed by atoms with van der Waals surface area (Å²) in [5.41, 5.74) is -1.45. The van der Waals surface area contributed by atoms with Crippen LogP contribution in [-0.2, 0) is 11.2 Å². The van der Waals surface area contributed by atoms with E-state index in [2.05, 4.69) is 0 Å². The summed E-state index contributed by atoms with van der Waals surface area (Å²) in [6, 6.07) is 7.30. The molecule has 3 atom stereocenters. The van der Waals surface area contributed by atoms with Gasteiger partial charge in [0.25, 0.3) is 0 Å². The smallest absolute Gasteiger partial charge is 0.374 e. The molecule has 0 aromatic heterocycles. The molecule has 2 rings (SSSR count). The van der Waals surface area contributed by atoms with Crippen LogP contribution in [0.25, 0.3) is 0 Å². The van der Waals surface area contributed by atoms with E-state index in [1.165, 1.54) is 0 Å². The lowest BCUT2D eigenvalue weighted by molar-refractivity contribution is -0.248. The molecule has 3 unspecified atom stereocenters. The Morgan fingerprint density at radius 3 is 2.60 bits per heavy atom. The largest absolute Gasteiger partial charge is 0.424 e. The van der Waals surface area contributed by atoms with Crippen molar-refractivity contribution >= 4 is 6.29 Å². The van der Waals surface area contributed by atoms with Crippen LogP contribution in [-0.4, -0.2) is 23.2 Å². The standard InChI is InChI=1S/C15H17F3O2/c1-10-6-7-11-4-2-3-5-12(11)13(10)8-14(20,9-19)15(16,17)18/h2-5,9-10,13,20H,6-8H2,1H3. The number of aldehydes is 1. The zero-order valence-electron chi connectivity index (χ0n) is 11.2. The van der Waals surface area contributed by atoms with Gasteiger partial charge in [-0.3, -0.25) is 4.79 Å². The Balaban J connectivity index is 2.35. The zero-order chi connectivity index (χ0) is 15.0. The normalized spacial score (nSPS) is 25.6. The van der Waals surface area contributed by atoms with Crippen LogP contribution in [0.15, 0.2) is 24.3 Å². The molecule has 1 aliphatic rings. The van der Waals surface area contributed by atoms with Gasteiger partial charge in [0.2, 0.25) is 5.60 Å². The fourth-order valence-electron chi connectivity index (χ4n) is 2.89. The van der Waals surface area contributed by atoms with Gasteiger partial charge in [-0.2, -0.15) is 13.2 Å². The lowest BCUT2D eigenvalue weighted by Gasteiger charge is -2.36. The maximum Gasteiger partial charge on any atom is 0.424 e. The summed E-state index contributed by atoms with van der Waals surface area (Å²) in [7, 11) is 0. The Labute approximate surface area is 115 Å². The van der Waals surface area contributed by atoms with E-state index in [4.69, 9.17) is 0 Å². The van der Waals surface area contributed by atoms with E-state index in [-0.39, 0.29) is 12.2 Å². The molecule has 0 heterocycles. The summed E-state index contributed by atoms with van der Waals surface area (Å²) in [5, 5.41) is 9.66. The summed E-state index contributed by atoms with van der Waals surface area (Å²) in [5.74, 6) is -0.463. The molecule has 0 fully saturated rings. The minimum absolute atomic E-state index is 0.00118. The first-order valence-electron chi connectivity index (χ1n) is 6.62. The molecule has 1 N–H and O–H groups in total. The van der Waals surface area contributed by atoms with E-state index in [1.807, 2.05) is 19.1 Å². The molecule has 1 aromatic carbocycles. The third-order valence-electron chi connectivity index (χ3n) is 4.23. The molecule has 1 aliphatic carbocycles. The highest BCUT2D eigenvalue weighted by Crippen LogP contribution is 2.44. The molecular weight excluding hydrogens is 269 g/mol. The molecule has 20 heavy (non-hydrogen) atoms. The molecule has 110 valence electrons. The molecule has 0 saturated carbocycles. The first-order chi connectivity index (χ1) is 9.28. The summed E-state index contributed by atoms with van der Waals surface area (Å²) in [6.45, 7) is 1.86. The SMILES string of the molecule is CC1CCc2ccccc2C1CC(O)(C=O)C(F)(F)F. The number of rotatable bonds is 3. The lowest BCUT2D eigenvalue weighted by Crippen LogP contribution is -2.48. The van der Waals surface area contributed by atoms with E-state index in [1.54, 1.807) is 12.1 Å². The maximum absolute atomic E-state index is 12.9. The van der Waals surface area contributed by atoms with Crippen LogP contribution in [0.3, 0.4) is 0 Å². The predicted molar refractivity (Wildman–Crippen MR) is 68.4 cm³/mol. The molecule has 0 radical (unpaired) electrons. The van der Waals surface area contributed by atoms with Crippen molar-refractivity contribution in [1.29, 1.82) is 0 Å². The molecule has 0 amide bonds. The number of aliphatic hydroxyl groups is 1. The van der Waals surface area contributed by atoms with E-state index in [0.29, 0.717) is 0 Å². The van der Waals surface area contributed by atoms with Gasteiger partial charge >= 0.3 is 6.18 Å². The van der Waals surface area contributed by atoms with Crippen molar-refractivity contribution in [3.8, 4) is 0 Å². The number of carbonyl (C=O) groups excluding carboxylic acids is 1. The van der Waals surface area contributed by atoms with Gasteiger partial charge in [0, 0.05) is 0 Å². The molecule has 0 aliphatic heterocycles. The van der Waals surface area contributed by atoms with Crippen molar-refractivity contribution in [2.75, 3.05) is 0 Å². The van der Waals surface area contributed by atoms with Crippen molar-refractivity contribution < 1.29 is 23.1 Å². The van der Waals surface area contributed by atoms with Gasteiger partial charge in [-0.25, -0.2) is 0 Å². The molecular formula is C15H17F3O2. The summed E-state index contributed by atoms with van der Waals surface area (Å²) >= 11 is 0. The van der Waals surface area contributed by atoms with Crippen LogP contribution in [0, 0.1) is 5.92 Å². The van der Waals surface area contributed by atoms with Crippen LogP contribution >= 0.6 is 0 Å². The molecule has 0 saturated heterocycles. The van der Waals surface area contributed by atoms with Crippen molar-refractivity contribution in [1.82, 2.24) is 0 Å².